The molecule has 0 saturated heterocycles. The molecule has 1 aliphatic heterocycles. The Kier molecular flexibility index (Phi) is 4.68. The Bertz CT molecular complexity index is 786. The molecule has 0 amide bonds. The molecule has 3 aromatic carbocycles. The lowest BCUT2D eigenvalue weighted by Crippen LogP contribution is -2.12. The quantitative estimate of drug-likeness (QED) is 0.523. The average Bonchev–Trinajstić information content (AvgIpc) is 2.62. The highest BCUT2D eigenvalue weighted by Gasteiger charge is 2.28. The molecule has 3 aromatic rings. The van der Waals surface area contributed by atoms with Crippen LogP contribution in [0.25, 0.3) is 0 Å². The summed E-state index contributed by atoms with van der Waals surface area (Å²) in [4.78, 5) is 0. The second-order valence-electron chi connectivity index (χ2n) is 6.03. The molecule has 0 aromatic heterocycles. The lowest BCUT2D eigenvalue weighted by atomic mass is 9.81. The Morgan fingerprint density at radius 3 is 1.71 bits per heavy atom. The maximum absolute atomic E-state index is 7.00. The molecule has 0 saturated carbocycles. The average molecular weight is 318 g/mol. The fourth-order valence-electron chi connectivity index (χ4n) is 3.26. The van der Waals surface area contributed by atoms with Crippen molar-refractivity contribution in [2.45, 2.75) is 19.8 Å². The summed E-state index contributed by atoms with van der Waals surface area (Å²) in [5.74, 6) is 2.17. The molecule has 1 aliphatic rings. The maximum atomic E-state index is 7.00. The van der Waals surface area contributed by atoms with Gasteiger partial charge in [0.05, 0.1) is 0 Å². The molecule has 0 aliphatic carbocycles. The first-order valence-corrected chi connectivity index (χ1v) is 8.11. The summed E-state index contributed by atoms with van der Waals surface area (Å²) in [6, 6.07) is 23.6. The van der Waals surface area contributed by atoms with Gasteiger partial charge in [-0.25, -0.2) is 0 Å². The fraction of sp³-hybridized carbons (Fsp3) is 0.182. The second kappa shape index (κ2) is 6.90. The van der Waals surface area contributed by atoms with Gasteiger partial charge in [0.25, 0.3) is 0 Å². The normalized spacial score (nSPS) is 12.3. The van der Waals surface area contributed by atoms with E-state index in [9.17, 15) is 0 Å². The Labute approximate surface area is 143 Å². The van der Waals surface area contributed by atoms with Crippen molar-refractivity contribution in [3.63, 3.8) is 0 Å². The van der Waals surface area contributed by atoms with Gasteiger partial charge in [-0.05, 0) is 31.5 Å². The molecule has 24 heavy (non-hydrogen) atoms. The third kappa shape index (κ3) is 2.93. The first-order chi connectivity index (χ1) is 11.7. The third-order valence-electron chi connectivity index (χ3n) is 4.31. The van der Waals surface area contributed by atoms with E-state index in [0.29, 0.717) is 0 Å². The minimum Gasteiger partial charge on any atom is -0.457 e. The van der Waals surface area contributed by atoms with Gasteiger partial charge in [0.1, 0.15) is 11.5 Å². The van der Waals surface area contributed by atoms with Crippen molar-refractivity contribution in [3.05, 3.63) is 94.5 Å². The predicted octanol–water partition coefficient (Wildman–Crippen LogP) is 5.20. The summed E-state index contributed by atoms with van der Waals surface area (Å²) in [5.41, 5.74) is 6.34. The van der Waals surface area contributed by atoms with E-state index in [2.05, 4.69) is 80.6 Å². The zero-order valence-electron chi connectivity index (χ0n) is 14.3. The smallest absolute Gasteiger partial charge is 0.131 e. The summed E-state index contributed by atoms with van der Waals surface area (Å²) in [5, 5.41) is 7.00. The van der Waals surface area contributed by atoms with Crippen LogP contribution in [0.1, 0.15) is 33.7 Å². The molecule has 0 spiro atoms. The van der Waals surface area contributed by atoms with Gasteiger partial charge in [0.15, 0.2) is 0 Å². The van der Waals surface area contributed by atoms with Gasteiger partial charge in [-0.15, -0.1) is 0 Å². The maximum Gasteiger partial charge on any atom is 0.131 e. The zero-order valence-corrected chi connectivity index (χ0v) is 14.3. The van der Waals surface area contributed by atoms with Gasteiger partial charge in [0.2, 0.25) is 0 Å². The number of ether oxygens (including phenoxy) is 1. The molecule has 1 N–H and O–H groups in total. The van der Waals surface area contributed by atoms with Crippen LogP contribution in [-0.4, -0.2) is 12.2 Å². The Morgan fingerprint density at radius 1 is 0.708 bits per heavy atom. The first-order valence-electron chi connectivity index (χ1n) is 8.11. The largest absolute Gasteiger partial charge is 0.457 e. The van der Waals surface area contributed by atoms with Gasteiger partial charge in [-0.2, -0.15) is 0 Å². The molecule has 0 radical (unpaired) electrons. The molecule has 0 bridgehead atoms. The predicted molar refractivity (Wildman–Crippen MR) is 98.0 cm³/mol. The fourth-order valence-corrected chi connectivity index (χ4v) is 3.26. The van der Waals surface area contributed by atoms with Crippen LogP contribution in [0.3, 0.4) is 0 Å². The highest BCUT2D eigenvalue weighted by molar-refractivity contribution is 5.59. The highest BCUT2D eigenvalue weighted by atomic mass is 16.5. The number of hydrogen-bond donors (Lipinski definition) is 1. The first kappa shape index (κ1) is 16.3. The number of aliphatic hydroxyl groups is 1. The monoisotopic (exact) mass is 318 g/mol. The van der Waals surface area contributed by atoms with Gasteiger partial charge < -0.3 is 9.84 Å². The van der Waals surface area contributed by atoms with E-state index in [4.69, 9.17) is 9.84 Å². The van der Waals surface area contributed by atoms with Gasteiger partial charge in [-0.3, -0.25) is 0 Å². The van der Waals surface area contributed by atoms with Crippen LogP contribution >= 0.6 is 0 Å². The molecule has 2 heteroatoms. The van der Waals surface area contributed by atoms with Crippen LogP contribution in [-0.2, 0) is 0 Å². The molecule has 2 nitrogen and oxygen atoms in total. The number of fused-ring (bicyclic) bond motifs is 2. The molecule has 0 unspecified atom stereocenters. The van der Waals surface area contributed by atoms with E-state index < -0.39 is 0 Å². The molecule has 0 atom stereocenters. The summed E-state index contributed by atoms with van der Waals surface area (Å²) in [7, 11) is 1.00. The van der Waals surface area contributed by atoms with E-state index in [1.165, 1.54) is 27.8 Å². The molecule has 4 rings (SSSR count). The van der Waals surface area contributed by atoms with Crippen LogP contribution < -0.4 is 4.74 Å². The Morgan fingerprint density at radius 2 is 1.21 bits per heavy atom. The van der Waals surface area contributed by atoms with Crippen LogP contribution in [0.5, 0.6) is 11.5 Å². The van der Waals surface area contributed by atoms with E-state index in [-0.39, 0.29) is 5.92 Å². The van der Waals surface area contributed by atoms with Gasteiger partial charge in [0, 0.05) is 24.2 Å². The third-order valence-corrected chi connectivity index (χ3v) is 4.31. The topological polar surface area (TPSA) is 29.5 Å². The van der Waals surface area contributed by atoms with Crippen LogP contribution in [0.15, 0.2) is 66.7 Å². The number of aliphatic hydroxyl groups excluding tert-OH is 1. The summed E-state index contributed by atoms with van der Waals surface area (Å²) in [6.45, 7) is 4.27. The molecule has 0 fully saturated rings. The number of benzene rings is 3. The molecule has 122 valence electrons. The van der Waals surface area contributed by atoms with Gasteiger partial charge in [-0.1, -0.05) is 65.7 Å². The number of hydrogen-bond acceptors (Lipinski definition) is 2. The highest BCUT2D eigenvalue weighted by Crippen LogP contribution is 2.47. The SMILES string of the molecule is CO.Cc1ccc2c(c1)C(c1ccccc1)c1cc(C)ccc1O2. The van der Waals surface area contributed by atoms with Crippen molar-refractivity contribution in [1.29, 1.82) is 0 Å². The van der Waals surface area contributed by atoms with Crippen molar-refractivity contribution in [3.8, 4) is 11.5 Å². The van der Waals surface area contributed by atoms with Crippen molar-refractivity contribution < 1.29 is 9.84 Å². The van der Waals surface area contributed by atoms with Crippen molar-refractivity contribution in [2.24, 2.45) is 0 Å². The number of aryl methyl sites for hydroxylation is 2. The lowest BCUT2D eigenvalue weighted by Gasteiger charge is -2.29. The molecular formula is C22H22O2. The number of rotatable bonds is 1. The van der Waals surface area contributed by atoms with Crippen LogP contribution in [0.4, 0.5) is 0 Å². The van der Waals surface area contributed by atoms with Crippen molar-refractivity contribution >= 4 is 0 Å². The van der Waals surface area contributed by atoms with Crippen LogP contribution in [0.2, 0.25) is 0 Å². The second-order valence-corrected chi connectivity index (χ2v) is 6.03. The van der Waals surface area contributed by atoms with Crippen molar-refractivity contribution in [2.75, 3.05) is 7.11 Å². The molecule has 1 heterocycles. The Hall–Kier alpha value is -2.58. The minimum atomic E-state index is 0.236. The van der Waals surface area contributed by atoms with Crippen LogP contribution in [0, 0.1) is 13.8 Å². The Balaban J connectivity index is 0.000000815. The van der Waals surface area contributed by atoms with E-state index >= 15 is 0 Å². The lowest BCUT2D eigenvalue weighted by molar-refractivity contribution is 0.399. The summed E-state index contributed by atoms with van der Waals surface area (Å²) in [6.07, 6.45) is 0. The standard InChI is InChI=1S/C21H18O.CH4O/c1-14-8-10-19-17(12-14)21(16-6-4-3-5-7-16)18-13-15(2)9-11-20(18)22-19;1-2/h3-13,21H,1-2H3;2H,1H3. The van der Waals surface area contributed by atoms with Crippen molar-refractivity contribution in [1.82, 2.24) is 0 Å². The molecular weight excluding hydrogens is 296 g/mol. The zero-order chi connectivity index (χ0) is 17.1. The summed E-state index contributed by atoms with van der Waals surface area (Å²) < 4.78 is 6.14. The minimum absolute atomic E-state index is 0.236. The van der Waals surface area contributed by atoms with Gasteiger partial charge >= 0.3 is 0 Å². The van der Waals surface area contributed by atoms with E-state index in [1.54, 1.807) is 0 Å². The van der Waals surface area contributed by atoms with E-state index in [1.807, 2.05) is 0 Å². The van der Waals surface area contributed by atoms with E-state index in [0.717, 1.165) is 18.6 Å². The summed E-state index contributed by atoms with van der Waals surface area (Å²) >= 11 is 0.